The average molecular weight is 377 g/mol. The van der Waals surface area contributed by atoms with Crippen LogP contribution in [0.4, 0.5) is 0 Å². The van der Waals surface area contributed by atoms with Gasteiger partial charge in [0.25, 0.3) is 5.56 Å². The molecule has 0 aliphatic heterocycles. The van der Waals surface area contributed by atoms with Crippen molar-refractivity contribution in [3.05, 3.63) is 70.7 Å². The predicted molar refractivity (Wildman–Crippen MR) is 102 cm³/mol. The van der Waals surface area contributed by atoms with Crippen LogP contribution in [0.1, 0.15) is 24.4 Å². The van der Waals surface area contributed by atoms with Gasteiger partial charge in [-0.1, -0.05) is 12.1 Å². The molecule has 0 bridgehead atoms. The van der Waals surface area contributed by atoms with Gasteiger partial charge in [-0.3, -0.25) is 18.4 Å². The molecule has 0 radical (unpaired) electrons. The van der Waals surface area contributed by atoms with Crippen molar-refractivity contribution in [2.45, 2.75) is 25.7 Å². The maximum Gasteiger partial charge on any atom is 0.279 e. The molecule has 0 spiro atoms. The average Bonchev–Trinajstić information content (AvgIpc) is 3.14. The number of aryl methyl sites for hydroxylation is 2. The minimum atomic E-state index is -0.239. The zero-order valence-electron chi connectivity index (χ0n) is 15.2. The minimum Gasteiger partial charge on any atom is -0.356 e. The third-order valence-corrected chi connectivity index (χ3v) is 4.45. The zero-order valence-corrected chi connectivity index (χ0v) is 15.2. The van der Waals surface area contributed by atoms with Crippen LogP contribution >= 0.6 is 0 Å². The van der Waals surface area contributed by atoms with Crippen LogP contribution in [0.25, 0.3) is 11.3 Å². The van der Waals surface area contributed by atoms with Crippen molar-refractivity contribution in [1.29, 1.82) is 0 Å². The van der Waals surface area contributed by atoms with Gasteiger partial charge in [-0.05, 0) is 30.7 Å². The number of rotatable bonds is 7. The Hall–Kier alpha value is -3.62. The van der Waals surface area contributed by atoms with Crippen LogP contribution in [0.3, 0.4) is 0 Å². The molecule has 28 heavy (non-hydrogen) atoms. The summed E-state index contributed by atoms with van der Waals surface area (Å²) in [6.45, 7) is 0.531. The molecular weight excluding hydrogens is 358 g/mol. The zero-order chi connectivity index (χ0) is 19.3. The van der Waals surface area contributed by atoms with E-state index in [0.717, 1.165) is 17.9 Å². The lowest BCUT2D eigenvalue weighted by Gasteiger charge is -2.05. The molecule has 0 saturated heterocycles. The summed E-state index contributed by atoms with van der Waals surface area (Å²) in [5.41, 5.74) is 1.34. The number of pyridine rings is 2. The second-order valence-corrected chi connectivity index (χ2v) is 6.38. The molecule has 1 N–H and O–H groups in total. The van der Waals surface area contributed by atoms with Crippen LogP contribution < -0.4 is 10.9 Å². The maximum absolute atomic E-state index is 12.4. The Morgan fingerprint density at radius 1 is 0.893 bits per heavy atom. The highest BCUT2D eigenvalue weighted by molar-refractivity contribution is 5.76. The lowest BCUT2D eigenvalue weighted by molar-refractivity contribution is -0.121. The molecule has 0 fully saturated rings. The van der Waals surface area contributed by atoms with E-state index in [1.54, 1.807) is 24.4 Å². The summed E-state index contributed by atoms with van der Waals surface area (Å²) in [7, 11) is 0. The summed E-state index contributed by atoms with van der Waals surface area (Å²) < 4.78 is 3.37. The van der Waals surface area contributed by atoms with Gasteiger partial charge in [0, 0.05) is 38.2 Å². The second-order valence-electron chi connectivity index (χ2n) is 6.38. The number of carbonyl (C=O) groups excluding carboxylic acids is 1. The first-order valence-electron chi connectivity index (χ1n) is 9.11. The molecule has 9 nitrogen and oxygen atoms in total. The molecule has 0 saturated carbocycles. The molecule has 0 aromatic carbocycles. The van der Waals surface area contributed by atoms with E-state index in [9.17, 15) is 9.59 Å². The number of hydrogen-bond donors (Lipinski definition) is 1. The first-order valence-corrected chi connectivity index (χ1v) is 9.11. The number of aromatic nitrogens is 6. The van der Waals surface area contributed by atoms with Crippen LogP contribution in [-0.4, -0.2) is 41.6 Å². The fourth-order valence-corrected chi connectivity index (χ4v) is 2.99. The normalized spacial score (nSPS) is 11.1. The highest BCUT2D eigenvalue weighted by Gasteiger charge is 2.10. The highest BCUT2D eigenvalue weighted by Crippen LogP contribution is 2.04. The standard InChI is InChI=1S/C19H19N7O2/c27-18(10-9-14-19(28)26-13-4-2-7-17(26)22-21-14)20-11-5-8-16-24-23-15-6-1-3-12-25(15)16/h1-4,6-7,12-13H,5,8-11H2,(H,20,27). The molecule has 1 amide bonds. The Balaban J connectivity index is 1.26. The molecule has 4 aromatic heterocycles. The molecule has 0 unspecified atom stereocenters. The molecule has 0 atom stereocenters. The van der Waals surface area contributed by atoms with Gasteiger partial charge < -0.3 is 5.32 Å². The molecule has 9 heteroatoms. The fraction of sp³-hybridized carbons (Fsp3) is 0.263. The first-order chi connectivity index (χ1) is 13.7. The Bertz CT molecular complexity index is 1180. The van der Waals surface area contributed by atoms with E-state index in [2.05, 4.69) is 25.7 Å². The van der Waals surface area contributed by atoms with E-state index in [1.807, 2.05) is 28.8 Å². The molecule has 4 rings (SSSR count). The van der Waals surface area contributed by atoms with Crippen molar-refractivity contribution in [3.63, 3.8) is 0 Å². The van der Waals surface area contributed by atoms with Gasteiger partial charge >= 0.3 is 0 Å². The van der Waals surface area contributed by atoms with E-state index in [4.69, 9.17) is 0 Å². The number of carbonyl (C=O) groups is 1. The molecule has 4 aromatic rings. The maximum atomic E-state index is 12.4. The van der Waals surface area contributed by atoms with Gasteiger partial charge in [0.05, 0.1) is 0 Å². The number of amides is 1. The number of nitrogens with one attached hydrogen (secondary N) is 1. The third-order valence-electron chi connectivity index (χ3n) is 4.45. The summed E-state index contributed by atoms with van der Waals surface area (Å²) in [6, 6.07) is 11.0. The van der Waals surface area contributed by atoms with Crippen molar-refractivity contribution >= 4 is 17.2 Å². The van der Waals surface area contributed by atoms with Gasteiger partial charge in [-0.15, -0.1) is 20.4 Å². The van der Waals surface area contributed by atoms with Crippen LogP contribution in [0.5, 0.6) is 0 Å². The number of hydrogen-bond acceptors (Lipinski definition) is 6. The van der Waals surface area contributed by atoms with Crippen molar-refractivity contribution in [3.8, 4) is 0 Å². The number of nitrogens with zero attached hydrogens (tertiary/aromatic N) is 6. The Labute approximate surface area is 160 Å². The molecular formula is C19H19N7O2. The quantitative estimate of drug-likeness (QED) is 0.478. The third kappa shape index (κ3) is 3.73. The minimum absolute atomic E-state index is 0.120. The van der Waals surface area contributed by atoms with Gasteiger partial charge in [0.15, 0.2) is 11.3 Å². The van der Waals surface area contributed by atoms with E-state index in [-0.39, 0.29) is 30.0 Å². The summed E-state index contributed by atoms with van der Waals surface area (Å²) in [5.74, 6) is 0.745. The van der Waals surface area contributed by atoms with Gasteiger partial charge in [-0.25, -0.2) is 0 Å². The van der Waals surface area contributed by atoms with E-state index >= 15 is 0 Å². The Kier molecular flexibility index (Phi) is 5.05. The topological polar surface area (TPSA) is 107 Å². The van der Waals surface area contributed by atoms with Gasteiger partial charge in [0.2, 0.25) is 5.91 Å². The van der Waals surface area contributed by atoms with E-state index in [0.29, 0.717) is 18.6 Å². The number of fused-ring (bicyclic) bond motifs is 2. The van der Waals surface area contributed by atoms with Crippen molar-refractivity contribution < 1.29 is 4.79 Å². The predicted octanol–water partition coefficient (Wildman–Crippen LogP) is 0.814. The summed E-state index contributed by atoms with van der Waals surface area (Å²) in [5, 5.41) is 19.1. The smallest absolute Gasteiger partial charge is 0.279 e. The summed E-state index contributed by atoms with van der Waals surface area (Å²) in [4.78, 5) is 24.4. The molecule has 0 aliphatic rings. The van der Waals surface area contributed by atoms with Crippen molar-refractivity contribution in [2.24, 2.45) is 0 Å². The van der Waals surface area contributed by atoms with Crippen molar-refractivity contribution in [1.82, 2.24) is 34.5 Å². The molecule has 142 valence electrons. The highest BCUT2D eigenvalue weighted by atomic mass is 16.1. The van der Waals surface area contributed by atoms with Gasteiger partial charge in [-0.2, -0.15) is 0 Å². The first kappa shape index (κ1) is 17.8. The summed E-state index contributed by atoms with van der Waals surface area (Å²) in [6.07, 6.45) is 5.47. The van der Waals surface area contributed by atoms with Crippen LogP contribution in [0.15, 0.2) is 53.6 Å². The Morgan fingerprint density at radius 3 is 2.43 bits per heavy atom. The van der Waals surface area contributed by atoms with E-state index in [1.165, 1.54) is 4.40 Å². The van der Waals surface area contributed by atoms with E-state index < -0.39 is 0 Å². The van der Waals surface area contributed by atoms with Gasteiger partial charge in [0.1, 0.15) is 11.5 Å². The van der Waals surface area contributed by atoms with Crippen LogP contribution in [-0.2, 0) is 17.6 Å². The fourth-order valence-electron chi connectivity index (χ4n) is 2.99. The summed E-state index contributed by atoms with van der Waals surface area (Å²) >= 11 is 0. The van der Waals surface area contributed by atoms with Crippen LogP contribution in [0.2, 0.25) is 0 Å². The molecule has 4 heterocycles. The lowest BCUT2D eigenvalue weighted by atomic mass is 10.2. The molecule has 0 aliphatic carbocycles. The van der Waals surface area contributed by atoms with Crippen molar-refractivity contribution in [2.75, 3.05) is 6.54 Å². The van der Waals surface area contributed by atoms with Crippen LogP contribution in [0, 0.1) is 0 Å². The Morgan fingerprint density at radius 2 is 1.61 bits per heavy atom. The largest absolute Gasteiger partial charge is 0.356 e. The second kappa shape index (κ2) is 7.95. The lowest BCUT2D eigenvalue weighted by Crippen LogP contribution is -2.27. The monoisotopic (exact) mass is 377 g/mol. The SMILES string of the molecule is O=C(CCc1nnc2ccccn2c1=O)NCCCc1nnc2ccccn12.